The Hall–Kier alpha value is -1.63. The number of hydrogen-bond donors (Lipinski definition) is 2. The molecule has 24 heavy (non-hydrogen) atoms. The van der Waals surface area contributed by atoms with Crippen molar-refractivity contribution in [3.63, 3.8) is 0 Å². The lowest BCUT2D eigenvalue weighted by atomic mass is 10.3. The molecule has 0 saturated carbocycles. The monoisotopic (exact) mass is 415 g/mol. The van der Waals surface area contributed by atoms with Gasteiger partial charge in [0.2, 0.25) is 0 Å². The Balaban J connectivity index is 1.74. The molecule has 2 rings (SSSR count). The number of quaternary nitrogens is 1. The summed E-state index contributed by atoms with van der Waals surface area (Å²) in [6.07, 6.45) is 0. The van der Waals surface area contributed by atoms with E-state index in [9.17, 15) is 9.18 Å². The SMILES string of the molecule is C[NH+](CCOc1ccc(Br)cc1)CC(=O)Nc1ccc(Cl)cc1F. The summed E-state index contributed by atoms with van der Waals surface area (Å²) in [6, 6.07) is 11.7. The lowest BCUT2D eigenvalue weighted by Crippen LogP contribution is -3.10. The summed E-state index contributed by atoms with van der Waals surface area (Å²) in [5.41, 5.74) is 0.128. The van der Waals surface area contributed by atoms with Gasteiger partial charge in [-0.25, -0.2) is 4.39 Å². The zero-order chi connectivity index (χ0) is 17.5. The molecule has 128 valence electrons. The van der Waals surface area contributed by atoms with Crippen LogP contribution in [0.1, 0.15) is 0 Å². The van der Waals surface area contributed by atoms with E-state index in [0.29, 0.717) is 18.2 Å². The molecule has 0 radical (unpaired) electrons. The first kappa shape index (κ1) is 18.7. The van der Waals surface area contributed by atoms with Crippen molar-refractivity contribution in [3.05, 3.63) is 57.8 Å². The molecule has 0 saturated heterocycles. The van der Waals surface area contributed by atoms with Crippen LogP contribution in [0.2, 0.25) is 5.02 Å². The lowest BCUT2D eigenvalue weighted by molar-refractivity contribution is -0.871. The number of anilines is 1. The van der Waals surface area contributed by atoms with E-state index < -0.39 is 5.82 Å². The van der Waals surface area contributed by atoms with Crippen LogP contribution < -0.4 is 15.0 Å². The van der Waals surface area contributed by atoms with Crippen LogP contribution in [0.4, 0.5) is 10.1 Å². The number of rotatable bonds is 7. The van der Waals surface area contributed by atoms with Crippen molar-refractivity contribution in [2.24, 2.45) is 0 Å². The van der Waals surface area contributed by atoms with E-state index in [1.165, 1.54) is 18.2 Å². The number of amides is 1. The molecule has 4 nitrogen and oxygen atoms in total. The molecule has 0 fully saturated rings. The average molecular weight is 417 g/mol. The van der Waals surface area contributed by atoms with Crippen LogP contribution in [-0.2, 0) is 4.79 Å². The zero-order valence-electron chi connectivity index (χ0n) is 13.1. The molecule has 1 atom stereocenters. The number of carbonyl (C=O) groups is 1. The first-order chi connectivity index (χ1) is 11.4. The largest absolute Gasteiger partial charge is 0.488 e. The Morgan fingerprint density at radius 1 is 1.29 bits per heavy atom. The first-order valence-electron chi connectivity index (χ1n) is 7.38. The zero-order valence-corrected chi connectivity index (χ0v) is 15.5. The van der Waals surface area contributed by atoms with Gasteiger partial charge < -0.3 is 15.0 Å². The molecule has 0 bridgehead atoms. The van der Waals surface area contributed by atoms with Gasteiger partial charge in [-0.1, -0.05) is 27.5 Å². The topological polar surface area (TPSA) is 42.8 Å². The highest BCUT2D eigenvalue weighted by Gasteiger charge is 2.12. The van der Waals surface area contributed by atoms with Gasteiger partial charge in [0.1, 0.15) is 24.7 Å². The molecule has 0 aliphatic rings. The Morgan fingerprint density at radius 3 is 2.67 bits per heavy atom. The van der Waals surface area contributed by atoms with Crippen LogP contribution in [-0.4, -0.2) is 32.7 Å². The summed E-state index contributed by atoms with van der Waals surface area (Å²) in [5.74, 6) is -0.0388. The fourth-order valence-corrected chi connectivity index (χ4v) is 2.44. The summed E-state index contributed by atoms with van der Waals surface area (Å²) >= 11 is 9.04. The second-order valence-corrected chi connectivity index (χ2v) is 6.71. The van der Waals surface area contributed by atoms with Crippen molar-refractivity contribution in [2.45, 2.75) is 0 Å². The summed E-state index contributed by atoms with van der Waals surface area (Å²) in [5, 5.41) is 2.83. The Labute approximate surface area is 153 Å². The van der Waals surface area contributed by atoms with E-state index in [0.717, 1.165) is 15.1 Å². The first-order valence-corrected chi connectivity index (χ1v) is 8.55. The Kier molecular flexibility index (Phi) is 7.02. The summed E-state index contributed by atoms with van der Waals surface area (Å²) in [7, 11) is 1.88. The van der Waals surface area contributed by atoms with E-state index >= 15 is 0 Å². The van der Waals surface area contributed by atoms with Crippen LogP contribution in [0.15, 0.2) is 46.9 Å². The van der Waals surface area contributed by atoms with E-state index in [1.54, 1.807) is 0 Å². The van der Waals surface area contributed by atoms with E-state index in [2.05, 4.69) is 21.2 Å². The molecule has 1 amide bonds. The molecule has 2 N–H and O–H groups in total. The van der Waals surface area contributed by atoms with E-state index in [1.807, 2.05) is 31.3 Å². The van der Waals surface area contributed by atoms with Gasteiger partial charge >= 0.3 is 0 Å². The predicted molar refractivity (Wildman–Crippen MR) is 96.3 cm³/mol. The molecular weight excluding hydrogens is 399 g/mol. The third-order valence-electron chi connectivity index (χ3n) is 3.28. The third-order valence-corrected chi connectivity index (χ3v) is 4.04. The van der Waals surface area contributed by atoms with Gasteiger partial charge in [-0.3, -0.25) is 4.79 Å². The highest BCUT2D eigenvalue weighted by atomic mass is 79.9. The fourth-order valence-electron chi connectivity index (χ4n) is 2.02. The lowest BCUT2D eigenvalue weighted by Gasteiger charge is -2.14. The van der Waals surface area contributed by atoms with Gasteiger partial charge in [0, 0.05) is 9.50 Å². The number of nitrogens with one attached hydrogen (secondary N) is 2. The van der Waals surface area contributed by atoms with Crippen molar-refractivity contribution in [1.82, 2.24) is 0 Å². The number of likely N-dealkylation sites (N-methyl/N-ethyl adjacent to an activating group) is 1. The number of benzene rings is 2. The maximum absolute atomic E-state index is 13.6. The van der Waals surface area contributed by atoms with E-state index in [4.69, 9.17) is 16.3 Å². The van der Waals surface area contributed by atoms with Crippen molar-refractivity contribution < 1.29 is 18.8 Å². The summed E-state index contributed by atoms with van der Waals surface area (Å²) in [6.45, 7) is 1.34. The molecule has 2 aromatic carbocycles. The molecule has 0 aliphatic carbocycles. The highest BCUT2D eigenvalue weighted by Crippen LogP contribution is 2.18. The number of carbonyl (C=O) groups excluding carboxylic acids is 1. The van der Waals surface area contributed by atoms with Crippen molar-refractivity contribution in [2.75, 3.05) is 32.1 Å². The quantitative estimate of drug-likeness (QED) is 0.729. The molecule has 1 unspecified atom stereocenters. The minimum Gasteiger partial charge on any atom is -0.488 e. The molecule has 0 heterocycles. The number of ether oxygens (including phenoxy) is 1. The van der Waals surface area contributed by atoms with Crippen molar-refractivity contribution >= 4 is 39.1 Å². The summed E-state index contributed by atoms with van der Waals surface area (Å²) < 4.78 is 20.2. The van der Waals surface area contributed by atoms with Crippen LogP contribution in [0.25, 0.3) is 0 Å². The number of halogens is 3. The van der Waals surface area contributed by atoms with Gasteiger partial charge in [-0.15, -0.1) is 0 Å². The molecular formula is C17H18BrClFN2O2+. The van der Waals surface area contributed by atoms with E-state index in [-0.39, 0.29) is 18.1 Å². The average Bonchev–Trinajstić information content (AvgIpc) is 2.52. The maximum Gasteiger partial charge on any atom is 0.279 e. The van der Waals surface area contributed by atoms with Crippen molar-refractivity contribution in [1.29, 1.82) is 0 Å². The molecule has 0 aromatic heterocycles. The molecule has 0 spiro atoms. The van der Waals surface area contributed by atoms with Crippen LogP contribution in [0.3, 0.4) is 0 Å². The van der Waals surface area contributed by atoms with Gasteiger partial charge in [0.05, 0.1) is 12.7 Å². The van der Waals surface area contributed by atoms with Gasteiger partial charge in [-0.05, 0) is 42.5 Å². The smallest absolute Gasteiger partial charge is 0.279 e. The Morgan fingerprint density at radius 2 is 2.00 bits per heavy atom. The normalized spacial score (nSPS) is 11.8. The van der Waals surface area contributed by atoms with Crippen LogP contribution in [0, 0.1) is 5.82 Å². The second-order valence-electron chi connectivity index (χ2n) is 5.36. The molecule has 2 aromatic rings. The van der Waals surface area contributed by atoms with Gasteiger partial charge in [-0.2, -0.15) is 0 Å². The third kappa shape index (κ3) is 6.11. The number of hydrogen-bond acceptors (Lipinski definition) is 2. The standard InChI is InChI=1S/C17H17BrClFN2O2/c1-22(8-9-24-14-5-2-12(18)3-6-14)11-17(23)21-16-7-4-13(19)10-15(16)20/h2-7,10H,8-9,11H2,1H3,(H,21,23)/p+1. The van der Waals surface area contributed by atoms with Gasteiger partial charge in [0.15, 0.2) is 6.54 Å². The minimum absolute atomic E-state index is 0.128. The van der Waals surface area contributed by atoms with Crippen molar-refractivity contribution in [3.8, 4) is 5.75 Å². The van der Waals surface area contributed by atoms with Crippen LogP contribution >= 0.6 is 27.5 Å². The van der Waals surface area contributed by atoms with Crippen LogP contribution in [0.5, 0.6) is 5.75 Å². The van der Waals surface area contributed by atoms with Gasteiger partial charge in [0.25, 0.3) is 5.91 Å². The highest BCUT2D eigenvalue weighted by molar-refractivity contribution is 9.10. The molecule has 0 aliphatic heterocycles. The fraction of sp³-hybridized carbons (Fsp3) is 0.235. The second kappa shape index (κ2) is 9.01. The predicted octanol–water partition coefficient (Wildman–Crippen LogP) is 2.77. The Bertz CT molecular complexity index is 697. The minimum atomic E-state index is -0.549. The summed E-state index contributed by atoms with van der Waals surface area (Å²) in [4.78, 5) is 12.9. The molecule has 7 heteroatoms. The maximum atomic E-state index is 13.6.